The van der Waals surface area contributed by atoms with Crippen LogP contribution in [0.5, 0.6) is 5.75 Å². The number of carbonyl (C=O) groups is 3. The maximum Gasteiger partial charge on any atom is 0.333 e. The molecule has 0 saturated carbocycles. The van der Waals surface area contributed by atoms with E-state index >= 15 is 0 Å². The number of benzene rings is 1. The van der Waals surface area contributed by atoms with Crippen LogP contribution in [-0.4, -0.2) is 58.9 Å². The van der Waals surface area contributed by atoms with Gasteiger partial charge in [-0.05, 0) is 80.9 Å². The summed E-state index contributed by atoms with van der Waals surface area (Å²) in [6.45, 7) is 5.27. The Hall–Kier alpha value is -4.88. The third-order valence-corrected chi connectivity index (χ3v) is 9.20. The number of nitrogens with zero attached hydrogens (tertiary/aromatic N) is 4. The fourth-order valence-electron chi connectivity index (χ4n) is 5.78. The number of aliphatic imine (C=N–C) groups is 1. The molecule has 4 heterocycles. The number of aromatic nitrogens is 1. The van der Waals surface area contributed by atoms with Gasteiger partial charge in [-0.2, -0.15) is 0 Å². The molecule has 1 aromatic heterocycles. The molecule has 0 aliphatic carbocycles. The van der Waals surface area contributed by atoms with Crippen LogP contribution in [0.25, 0.3) is 5.70 Å². The lowest BCUT2D eigenvalue weighted by molar-refractivity contribution is -0.684. The number of rotatable bonds is 15. The van der Waals surface area contributed by atoms with E-state index in [0.29, 0.717) is 17.2 Å². The highest BCUT2D eigenvalue weighted by Crippen LogP contribution is 2.38. The number of amides is 2. The lowest BCUT2D eigenvalue weighted by atomic mass is 9.82. The molecule has 0 bridgehead atoms. The molecule has 3 aliphatic heterocycles. The summed E-state index contributed by atoms with van der Waals surface area (Å²) in [6.07, 6.45) is 18.0. The van der Waals surface area contributed by atoms with Gasteiger partial charge in [0.15, 0.2) is 11.5 Å². The minimum Gasteiger partial charge on any atom is -0.748 e. The second-order valence-corrected chi connectivity index (χ2v) is 13.9. The lowest BCUT2D eigenvalue weighted by Crippen LogP contribution is -2.35. The number of pyridine rings is 1. The number of allylic oxidation sites excluding steroid dienone is 7. The Morgan fingerprint density at radius 2 is 1.73 bits per heavy atom. The highest BCUT2D eigenvalue weighted by molar-refractivity contribution is 7.85. The van der Waals surface area contributed by atoms with Crippen molar-refractivity contribution in [2.45, 2.75) is 70.8 Å². The molecule has 2 aromatic rings. The van der Waals surface area contributed by atoms with Gasteiger partial charge in [-0.15, -0.1) is 5.06 Å². The van der Waals surface area contributed by atoms with E-state index in [1.165, 1.54) is 0 Å². The summed E-state index contributed by atoms with van der Waals surface area (Å²) in [5.41, 5.74) is 3.44. The maximum atomic E-state index is 12.1. The zero-order chi connectivity index (χ0) is 35.0. The first-order chi connectivity index (χ1) is 23.4. The Bertz CT molecular complexity index is 1840. The van der Waals surface area contributed by atoms with Gasteiger partial charge in [0.2, 0.25) is 0 Å². The zero-order valence-electron chi connectivity index (χ0n) is 27.6. The molecule has 1 fully saturated rings. The molecule has 49 heavy (non-hydrogen) atoms. The highest BCUT2D eigenvalue weighted by atomic mass is 32.2. The maximum absolute atomic E-state index is 12.1. The molecule has 0 spiro atoms. The number of fused-ring (bicyclic) bond motifs is 2. The van der Waals surface area contributed by atoms with Crippen LogP contribution >= 0.6 is 0 Å². The summed E-state index contributed by atoms with van der Waals surface area (Å²) >= 11 is 0. The molecule has 12 nitrogen and oxygen atoms in total. The number of imide groups is 1. The number of hydroxylamine groups is 4. The first kappa shape index (κ1) is 35.4. The van der Waals surface area contributed by atoms with Gasteiger partial charge in [0.25, 0.3) is 11.8 Å². The Labute approximate surface area is 286 Å². The molecule has 1 aromatic carbocycles. The monoisotopic (exact) mass is 688 g/mol. The van der Waals surface area contributed by atoms with Crippen molar-refractivity contribution >= 4 is 45.1 Å². The normalized spacial score (nSPS) is 17.9. The molecule has 0 radical (unpaired) electrons. The van der Waals surface area contributed by atoms with Gasteiger partial charge in [-0.1, -0.05) is 42.5 Å². The fourth-order valence-corrected chi connectivity index (χ4v) is 6.26. The third-order valence-electron chi connectivity index (χ3n) is 8.41. The highest BCUT2D eigenvalue weighted by Gasteiger charge is 2.41. The predicted octanol–water partition coefficient (Wildman–Crippen LogP) is 4.76. The molecule has 1 saturated heterocycles. The largest absolute Gasteiger partial charge is 0.748 e. The van der Waals surface area contributed by atoms with Gasteiger partial charge < -0.3 is 14.2 Å². The summed E-state index contributed by atoms with van der Waals surface area (Å²) in [7, 11) is -4.30. The van der Waals surface area contributed by atoms with Crippen LogP contribution in [0, 0.1) is 0 Å². The van der Waals surface area contributed by atoms with Crippen LogP contribution in [-0.2, 0) is 41.3 Å². The Morgan fingerprint density at radius 1 is 1.00 bits per heavy atom. The first-order valence-corrected chi connectivity index (χ1v) is 17.9. The van der Waals surface area contributed by atoms with Crippen LogP contribution in [0.1, 0.15) is 69.9 Å². The second kappa shape index (κ2) is 15.6. The van der Waals surface area contributed by atoms with Crippen molar-refractivity contribution in [3.8, 4) is 5.75 Å². The van der Waals surface area contributed by atoms with E-state index < -0.39 is 33.7 Å². The summed E-state index contributed by atoms with van der Waals surface area (Å²) in [5, 5.41) is 2.19. The van der Waals surface area contributed by atoms with Crippen molar-refractivity contribution in [3.63, 3.8) is 0 Å². The smallest absolute Gasteiger partial charge is 0.333 e. The van der Waals surface area contributed by atoms with Gasteiger partial charge in [0.1, 0.15) is 0 Å². The zero-order valence-corrected chi connectivity index (χ0v) is 28.4. The molecular weight excluding hydrogens is 648 g/mol. The standard InChI is InChI=1S/C36H40N4O8S/c1-36(2)28-16-13-24-38(23-12-6-9-20-34(43)48-40-32(41)21-22-33(40)42)35(28)37-31(36)19-8-5-3-4-7-17-29-27-15-10-11-18-30(27)47-39(29)25-14-26-49(44,45)46/h3-5,7-8,10-11,13,15-19,24H,6,9,12,14,20-23,25-26H2,1-2H3. The van der Waals surface area contributed by atoms with Gasteiger partial charge in [0.05, 0.1) is 46.1 Å². The van der Waals surface area contributed by atoms with Crippen LogP contribution < -0.4 is 9.40 Å². The molecule has 3 aliphatic rings. The predicted molar refractivity (Wildman–Crippen MR) is 181 cm³/mol. The van der Waals surface area contributed by atoms with E-state index in [0.717, 1.165) is 47.7 Å². The molecule has 258 valence electrons. The quantitative estimate of drug-likeness (QED) is 0.0849. The van der Waals surface area contributed by atoms with Crippen molar-refractivity contribution < 1.29 is 41.6 Å². The molecule has 5 rings (SSSR count). The van der Waals surface area contributed by atoms with Crippen molar-refractivity contribution in [2.24, 2.45) is 4.99 Å². The van der Waals surface area contributed by atoms with E-state index in [1.54, 1.807) is 5.06 Å². The number of aryl methyl sites for hydroxylation is 1. The Morgan fingerprint density at radius 3 is 2.51 bits per heavy atom. The molecule has 2 amide bonds. The van der Waals surface area contributed by atoms with E-state index in [2.05, 4.69) is 24.5 Å². The second-order valence-electron chi connectivity index (χ2n) is 12.4. The van der Waals surface area contributed by atoms with Crippen molar-refractivity contribution in [3.05, 3.63) is 96.3 Å². The van der Waals surface area contributed by atoms with Gasteiger partial charge in [0, 0.05) is 30.6 Å². The van der Waals surface area contributed by atoms with Crippen LogP contribution in [0.3, 0.4) is 0 Å². The van der Waals surface area contributed by atoms with E-state index in [1.807, 2.05) is 79.1 Å². The molecule has 0 unspecified atom stereocenters. The SMILES string of the molecule is CC1(C)C(/C=C/C=C/C=C/C=C2\c3ccccc3ON2CCCS(=O)(=O)[O-])=Nc2c1ccc[n+]2CCCCCC(=O)ON1C(=O)CCC1=O. The fraction of sp³-hybridized carbons (Fsp3) is 0.361. The molecule has 13 heteroatoms. The topological polar surface area (TPSA) is 150 Å². The van der Waals surface area contributed by atoms with E-state index in [9.17, 15) is 27.4 Å². The molecule has 0 N–H and O–H groups in total. The van der Waals surface area contributed by atoms with Crippen molar-refractivity contribution in [1.29, 1.82) is 0 Å². The number of para-hydroxylation sites is 1. The average molecular weight is 689 g/mol. The first-order valence-electron chi connectivity index (χ1n) is 16.3. The number of hydrogen-bond acceptors (Lipinski definition) is 10. The van der Waals surface area contributed by atoms with Crippen molar-refractivity contribution in [2.75, 3.05) is 12.3 Å². The Kier molecular flexibility index (Phi) is 11.2. The lowest BCUT2D eigenvalue weighted by Gasteiger charge is -2.18. The van der Waals surface area contributed by atoms with Gasteiger partial charge in [-0.3, -0.25) is 9.59 Å². The van der Waals surface area contributed by atoms with Crippen molar-refractivity contribution in [1.82, 2.24) is 10.1 Å². The summed E-state index contributed by atoms with van der Waals surface area (Å²) in [5.74, 6) is -0.408. The van der Waals surface area contributed by atoms with Gasteiger partial charge in [-0.25, -0.2) is 22.8 Å². The summed E-state index contributed by atoms with van der Waals surface area (Å²) < 4.78 is 35.2. The molecule has 0 atom stereocenters. The number of unbranched alkanes of at least 4 members (excludes halogenated alkanes) is 2. The van der Waals surface area contributed by atoms with E-state index in [4.69, 9.17) is 14.7 Å². The number of carbonyl (C=O) groups excluding carboxylic acids is 3. The number of hydrogen-bond donors (Lipinski definition) is 0. The summed E-state index contributed by atoms with van der Waals surface area (Å²) in [6, 6.07) is 11.6. The van der Waals surface area contributed by atoms with Crippen LogP contribution in [0.4, 0.5) is 5.82 Å². The summed E-state index contributed by atoms with van der Waals surface area (Å²) in [4.78, 5) is 51.1. The van der Waals surface area contributed by atoms with Gasteiger partial charge >= 0.3 is 11.8 Å². The minimum absolute atomic E-state index is 0.0768. The van der Waals surface area contributed by atoms with E-state index in [-0.39, 0.29) is 37.6 Å². The average Bonchev–Trinajstić information content (AvgIpc) is 3.66. The molecular formula is C36H40N4O8S. The third kappa shape index (κ3) is 8.98. The Balaban J connectivity index is 1.13. The minimum atomic E-state index is -4.30. The van der Waals surface area contributed by atoms with Crippen LogP contribution in [0.2, 0.25) is 0 Å². The van der Waals surface area contributed by atoms with Crippen LogP contribution in [0.15, 0.2) is 90.1 Å².